The van der Waals surface area contributed by atoms with E-state index in [4.69, 9.17) is 5.11 Å². The van der Waals surface area contributed by atoms with Crippen LogP contribution in [-0.4, -0.2) is 23.7 Å². The van der Waals surface area contributed by atoms with Gasteiger partial charge in [0.25, 0.3) is 0 Å². The fourth-order valence-electron chi connectivity index (χ4n) is 1.97. The van der Waals surface area contributed by atoms with E-state index in [1.165, 1.54) is 44.9 Å². The van der Waals surface area contributed by atoms with E-state index in [1.807, 2.05) is 0 Å². The maximum Gasteiger partial charge on any atom is 0.341 e. The number of carbonyl (C=O) groups excluding carboxylic acids is 1. The summed E-state index contributed by atoms with van der Waals surface area (Å²) >= 11 is 0. The van der Waals surface area contributed by atoms with Crippen molar-refractivity contribution in [3.8, 4) is 0 Å². The summed E-state index contributed by atoms with van der Waals surface area (Å²) in [6, 6.07) is 0. The zero-order chi connectivity index (χ0) is 14.3. The standard InChI is InChI=1S/C15H28O4/c1-2-3-4-5-6-7-8-9-10-11-12-15(18)19-13-14(16)17/h2-13H2,1H3,(H,16,17). The Morgan fingerprint density at radius 2 is 1.32 bits per heavy atom. The fraction of sp³-hybridized carbons (Fsp3) is 0.867. The van der Waals surface area contributed by atoms with Crippen LogP contribution in [-0.2, 0) is 14.3 Å². The van der Waals surface area contributed by atoms with Gasteiger partial charge in [0.1, 0.15) is 0 Å². The van der Waals surface area contributed by atoms with Crippen LogP contribution in [0.15, 0.2) is 0 Å². The monoisotopic (exact) mass is 272 g/mol. The molecule has 4 nitrogen and oxygen atoms in total. The molecule has 0 aliphatic carbocycles. The average molecular weight is 272 g/mol. The molecule has 0 saturated heterocycles. The number of rotatable bonds is 13. The zero-order valence-electron chi connectivity index (χ0n) is 12.2. The number of carbonyl (C=O) groups is 2. The van der Waals surface area contributed by atoms with Crippen LogP contribution < -0.4 is 0 Å². The van der Waals surface area contributed by atoms with E-state index >= 15 is 0 Å². The van der Waals surface area contributed by atoms with Crippen LogP contribution in [0.1, 0.15) is 77.6 Å². The largest absolute Gasteiger partial charge is 0.479 e. The highest BCUT2D eigenvalue weighted by atomic mass is 16.5. The Bertz CT molecular complexity index is 238. The molecular weight excluding hydrogens is 244 g/mol. The highest BCUT2D eigenvalue weighted by Gasteiger charge is 2.05. The van der Waals surface area contributed by atoms with Crippen molar-refractivity contribution in [3.63, 3.8) is 0 Å². The van der Waals surface area contributed by atoms with Crippen molar-refractivity contribution in [2.45, 2.75) is 77.6 Å². The van der Waals surface area contributed by atoms with Crippen molar-refractivity contribution in [3.05, 3.63) is 0 Å². The third kappa shape index (κ3) is 14.9. The van der Waals surface area contributed by atoms with Gasteiger partial charge in [0, 0.05) is 6.42 Å². The molecule has 0 amide bonds. The van der Waals surface area contributed by atoms with Crippen LogP contribution >= 0.6 is 0 Å². The minimum absolute atomic E-state index is 0.337. The number of unbranched alkanes of at least 4 members (excludes halogenated alkanes) is 9. The lowest BCUT2D eigenvalue weighted by atomic mass is 10.1. The van der Waals surface area contributed by atoms with Gasteiger partial charge in [-0.05, 0) is 6.42 Å². The predicted molar refractivity (Wildman–Crippen MR) is 75.1 cm³/mol. The first-order valence-electron chi connectivity index (χ1n) is 7.54. The molecule has 0 spiro atoms. The maximum absolute atomic E-state index is 11.1. The highest BCUT2D eigenvalue weighted by Crippen LogP contribution is 2.11. The molecule has 0 rings (SSSR count). The van der Waals surface area contributed by atoms with Crippen LogP contribution in [0.4, 0.5) is 0 Å². The van der Waals surface area contributed by atoms with Crippen molar-refractivity contribution in [1.29, 1.82) is 0 Å². The smallest absolute Gasteiger partial charge is 0.341 e. The minimum Gasteiger partial charge on any atom is -0.479 e. The lowest BCUT2D eigenvalue weighted by Crippen LogP contribution is -2.12. The van der Waals surface area contributed by atoms with Gasteiger partial charge >= 0.3 is 11.9 Å². The van der Waals surface area contributed by atoms with E-state index < -0.39 is 18.5 Å². The van der Waals surface area contributed by atoms with E-state index in [0.717, 1.165) is 19.3 Å². The molecule has 0 aliphatic heterocycles. The third-order valence-electron chi connectivity index (χ3n) is 3.09. The van der Waals surface area contributed by atoms with Gasteiger partial charge in [-0.1, -0.05) is 64.7 Å². The van der Waals surface area contributed by atoms with E-state index in [1.54, 1.807) is 0 Å². The van der Waals surface area contributed by atoms with Crippen molar-refractivity contribution < 1.29 is 19.4 Å². The summed E-state index contributed by atoms with van der Waals surface area (Å²) in [7, 11) is 0. The van der Waals surface area contributed by atoms with Gasteiger partial charge in [-0.2, -0.15) is 0 Å². The number of ether oxygens (including phenoxy) is 1. The number of carboxylic acids is 1. The second-order valence-corrected chi connectivity index (χ2v) is 4.99. The minimum atomic E-state index is -1.10. The van der Waals surface area contributed by atoms with Crippen LogP contribution in [0, 0.1) is 0 Å². The summed E-state index contributed by atoms with van der Waals surface area (Å²) in [6.07, 6.45) is 12.5. The molecular formula is C15H28O4. The normalized spacial score (nSPS) is 10.4. The summed E-state index contributed by atoms with van der Waals surface area (Å²) in [5.41, 5.74) is 0. The van der Waals surface area contributed by atoms with E-state index in [9.17, 15) is 9.59 Å². The SMILES string of the molecule is CCCCCCCCCCCCC(=O)OCC(=O)O. The molecule has 0 aliphatic rings. The number of aliphatic carboxylic acids is 1. The molecule has 4 heteroatoms. The number of hydrogen-bond donors (Lipinski definition) is 1. The van der Waals surface area contributed by atoms with E-state index in [2.05, 4.69) is 11.7 Å². The summed E-state index contributed by atoms with van der Waals surface area (Å²) in [5.74, 6) is -1.50. The van der Waals surface area contributed by atoms with E-state index in [0.29, 0.717) is 6.42 Å². The first-order chi connectivity index (χ1) is 9.16. The summed E-state index contributed by atoms with van der Waals surface area (Å²) in [6.45, 7) is 1.71. The highest BCUT2D eigenvalue weighted by molar-refractivity contribution is 5.75. The van der Waals surface area contributed by atoms with Crippen molar-refractivity contribution in [1.82, 2.24) is 0 Å². The zero-order valence-corrected chi connectivity index (χ0v) is 12.2. The van der Waals surface area contributed by atoms with Gasteiger partial charge in [0.05, 0.1) is 0 Å². The Kier molecular flexibility index (Phi) is 12.6. The van der Waals surface area contributed by atoms with Gasteiger partial charge in [0.2, 0.25) is 0 Å². The van der Waals surface area contributed by atoms with Crippen molar-refractivity contribution >= 4 is 11.9 Å². The second-order valence-electron chi connectivity index (χ2n) is 4.99. The van der Waals surface area contributed by atoms with Crippen LogP contribution in [0.2, 0.25) is 0 Å². The molecule has 0 heterocycles. The molecule has 0 fully saturated rings. The molecule has 0 radical (unpaired) electrons. The molecule has 0 aromatic heterocycles. The molecule has 0 saturated carbocycles. The second kappa shape index (κ2) is 13.4. The molecule has 0 aromatic rings. The number of esters is 1. The van der Waals surface area contributed by atoms with Crippen molar-refractivity contribution in [2.75, 3.05) is 6.61 Å². The summed E-state index contributed by atoms with van der Waals surface area (Å²) in [4.78, 5) is 21.3. The van der Waals surface area contributed by atoms with Gasteiger partial charge in [-0.25, -0.2) is 4.79 Å². The first kappa shape index (κ1) is 17.9. The molecule has 1 N–H and O–H groups in total. The molecule has 0 bridgehead atoms. The van der Waals surface area contributed by atoms with Crippen molar-refractivity contribution in [2.24, 2.45) is 0 Å². The Morgan fingerprint density at radius 3 is 1.79 bits per heavy atom. The Morgan fingerprint density at radius 1 is 0.842 bits per heavy atom. The Hall–Kier alpha value is -1.06. The Balaban J connectivity index is 3.13. The molecule has 0 aromatic carbocycles. The molecule has 19 heavy (non-hydrogen) atoms. The molecule has 0 atom stereocenters. The lowest BCUT2D eigenvalue weighted by molar-refractivity contribution is -0.155. The molecule has 0 unspecified atom stereocenters. The third-order valence-corrected chi connectivity index (χ3v) is 3.09. The Labute approximate surface area is 116 Å². The van der Waals surface area contributed by atoms with Crippen LogP contribution in [0.25, 0.3) is 0 Å². The van der Waals surface area contributed by atoms with Crippen LogP contribution in [0.5, 0.6) is 0 Å². The summed E-state index contributed by atoms with van der Waals surface area (Å²) in [5, 5.41) is 8.33. The fourth-order valence-corrected chi connectivity index (χ4v) is 1.97. The predicted octanol–water partition coefficient (Wildman–Crippen LogP) is 3.93. The molecule has 112 valence electrons. The van der Waals surface area contributed by atoms with Gasteiger partial charge in [0.15, 0.2) is 6.61 Å². The number of carboxylic acid groups (broad SMARTS) is 1. The topological polar surface area (TPSA) is 63.6 Å². The number of hydrogen-bond acceptors (Lipinski definition) is 3. The van der Waals surface area contributed by atoms with Gasteiger partial charge in [-0.3, -0.25) is 4.79 Å². The first-order valence-corrected chi connectivity index (χ1v) is 7.54. The maximum atomic E-state index is 11.1. The lowest BCUT2D eigenvalue weighted by Gasteiger charge is -2.03. The average Bonchev–Trinajstić information content (AvgIpc) is 2.38. The van der Waals surface area contributed by atoms with Gasteiger partial charge in [-0.15, -0.1) is 0 Å². The van der Waals surface area contributed by atoms with Gasteiger partial charge < -0.3 is 9.84 Å². The quantitative estimate of drug-likeness (QED) is 0.407. The summed E-state index contributed by atoms with van der Waals surface area (Å²) < 4.78 is 4.55. The van der Waals surface area contributed by atoms with E-state index in [-0.39, 0.29) is 0 Å². The van der Waals surface area contributed by atoms with Crippen LogP contribution in [0.3, 0.4) is 0 Å².